The highest BCUT2D eigenvalue weighted by atomic mass is 16.3. The van der Waals surface area contributed by atoms with Crippen LogP contribution in [0.15, 0.2) is 30.5 Å². The molecule has 0 radical (unpaired) electrons. The highest BCUT2D eigenvalue weighted by Crippen LogP contribution is 2.31. The molecule has 1 aromatic carbocycles. The van der Waals surface area contributed by atoms with Crippen LogP contribution in [0.2, 0.25) is 0 Å². The van der Waals surface area contributed by atoms with E-state index in [0.29, 0.717) is 18.7 Å². The topological polar surface area (TPSA) is 109 Å². The van der Waals surface area contributed by atoms with Gasteiger partial charge in [0.2, 0.25) is 0 Å². The van der Waals surface area contributed by atoms with E-state index in [-0.39, 0.29) is 23.6 Å². The van der Waals surface area contributed by atoms with Crippen molar-refractivity contribution in [2.75, 3.05) is 13.1 Å². The normalized spacial score (nSPS) is 17.8. The fourth-order valence-corrected chi connectivity index (χ4v) is 3.06. The molecule has 1 heterocycles. The molecule has 8 nitrogen and oxygen atoms in total. The summed E-state index contributed by atoms with van der Waals surface area (Å²) in [6.07, 6.45) is 10.6. The minimum Gasteiger partial charge on any atom is -0.391 e. The summed E-state index contributed by atoms with van der Waals surface area (Å²) in [5.74, 6) is 2.12. The van der Waals surface area contributed by atoms with E-state index in [0.717, 1.165) is 37.7 Å². The van der Waals surface area contributed by atoms with Crippen molar-refractivity contribution in [1.82, 2.24) is 25.6 Å². The van der Waals surface area contributed by atoms with Gasteiger partial charge in [0.15, 0.2) is 5.69 Å². The third kappa shape index (κ3) is 5.42. The SMILES string of the molecule is C#Cc1ccc(C(=O)NCCCCCNC(=O)c2cn([C@@H]3CC[C@H]3O)nn2)cc1. The van der Waals surface area contributed by atoms with Crippen LogP contribution in [0.5, 0.6) is 0 Å². The minimum absolute atomic E-state index is 0.0745. The molecule has 0 bridgehead atoms. The standard InChI is InChI=1S/C21H25N5O3/c1-2-15-6-8-16(9-7-15)20(28)22-12-4-3-5-13-23-21(29)17-14-26(25-24-17)18-10-11-19(18)27/h1,6-9,14,18-19,27H,3-5,10-13H2,(H,22,28)(H,23,29)/t18-,19-/m1/s1. The second kappa shape index (κ2) is 9.85. The molecule has 0 aliphatic heterocycles. The number of terminal acetylenes is 1. The first kappa shape index (κ1) is 20.6. The number of nitrogens with zero attached hydrogens (tertiary/aromatic N) is 3. The van der Waals surface area contributed by atoms with Crippen LogP contribution in [-0.2, 0) is 0 Å². The Bertz CT molecular complexity index is 884. The number of unbranched alkanes of at least 4 members (excludes halogenated alkanes) is 2. The Hall–Kier alpha value is -3.18. The van der Waals surface area contributed by atoms with Crippen molar-refractivity contribution in [3.8, 4) is 12.3 Å². The molecule has 1 fully saturated rings. The van der Waals surface area contributed by atoms with Crippen LogP contribution in [0.4, 0.5) is 0 Å². The lowest BCUT2D eigenvalue weighted by molar-refractivity contribution is 0.0244. The largest absolute Gasteiger partial charge is 0.391 e. The van der Waals surface area contributed by atoms with Gasteiger partial charge in [-0.05, 0) is 56.4 Å². The molecule has 1 saturated carbocycles. The van der Waals surface area contributed by atoms with Crippen molar-refractivity contribution in [2.45, 2.75) is 44.2 Å². The van der Waals surface area contributed by atoms with Crippen LogP contribution >= 0.6 is 0 Å². The zero-order valence-electron chi connectivity index (χ0n) is 16.2. The second-order valence-electron chi connectivity index (χ2n) is 7.09. The van der Waals surface area contributed by atoms with E-state index in [1.165, 1.54) is 0 Å². The molecule has 3 N–H and O–H groups in total. The summed E-state index contributed by atoms with van der Waals surface area (Å²) in [5, 5.41) is 23.1. The Morgan fingerprint density at radius 2 is 1.79 bits per heavy atom. The lowest BCUT2D eigenvalue weighted by Gasteiger charge is -2.31. The van der Waals surface area contributed by atoms with Gasteiger partial charge in [0, 0.05) is 24.2 Å². The van der Waals surface area contributed by atoms with Crippen molar-refractivity contribution in [2.24, 2.45) is 0 Å². The van der Waals surface area contributed by atoms with E-state index in [1.54, 1.807) is 35.1 Å². The van der Waals surface area contributed by atoms with Crippen LogP contribution in [0.25, 0.3) is 0 Å². The Morgan fingerprint density at radius 3 is 2.38 bits per heavy atom. The molecule has 2 aromatic rings. The third-order valence-electron chi connectivity index (χ3n) is 5.02. The van der Waals surface area contributed by atoms with Gasteiger partial charge in [0.1, 0.15) is 0 Å². The monoisotopic (exact) mass is 395 g/mol. The first-order chi connectivity index (χ1) is 14.1. The van der Waals surface area contributed by atoms with E-state index in [2.05, 4.69) is 26.9 Å². The first-order valence-electron chi connectivity index (χ1n) is 9.81. The molecule has 1 aliphatic carbocycles. The molecule has 29 heavy (non-hydrogen) atoms. The Morgan fingerprint density at radius 1 is 1.10 bits per heavy atom. The summed E-state index contributed by atoms with van der Waals surface area (Å²) in [6, 6.07) is 6.83. The number of aromatic nitrogens is 3. The van der Waals surface area contributed by atoms with E-state index in [9.17, 15) is 14.7 Å². The Balaban J connectivity index is 1.27. The molecule has 1 aromatic heterocycles. The predicted molar refractivity (Wildman–Crippen MR) is 107 cm³/mol. The molecule has 0 spiro atoms. The van der Waals surface area contributed by atoms with Gasteiger partial charge in [-0.1, -0.05) is 11.1 Å². The fourth-order valence-electron chi connectivity index (χ4n) is 3.06. The molecule has 2 atom stereocenters. The lowest BCUT2D eigenvalue weighted by Crippen LogP contribution is -2.34. The summed E-state index contributed by atoms with van der Waals surface area (Å²) in [4.78, 5) is 24.1. The summed E-state index contributed by atoms with van der Waals surface area (Å²) in [6.45, 7) is 1.10. The molecule has 2 amide bonds. The zero-order valence-corrected chi connectivity index (χ0v) is 16.2. The average Bonchev–Trinajstić information content (AvgIpc) is 3.21. The second-order valence-corrected chi connectivity index (χ2v) is 7.09. The van der Waals surface area contributed by atoms with Crippen LogP contribution in [0, 0.1) is 12.3 Å². The van der Waals surface area contributed by atoms with Crippen molar-refractivity contribution >= 4 is 11.8 Å². The molecular weight excluding hydrogens is 370 g/mol. The molecule has 3 rings (SSSR count). The molecule has 0 saturated heterocycles. The van der Waals surface area contributed by atoms with Crippen molar-refractivity contribution in [3.05, 3.63) is 47.3 Å². The van der Waals surface area contributed by atoms with E-state index >= 15 is 0 Å². The molecule has 1 aliphatic rings. The molecule has 8 heteroatoms. The Kier molecular flexibility index (Phi) is 6.98. The highest BCUT2D eigenvalue weighted by molar-refractivity contribution is 5.94. The quantitative estimate of drug-likeness (QED) is 0.438. The Labute approximate surface area is 169 Å². The number of hydrogen-bond acceptors (Lipinski definition) is 5. The number of amides is 2. The highest BCUT2D eigenvalue weighted by Gasteiger charge is 2.31. The van der Waals surface area contributed by atoms with Gasteiger partial charge < -0.3 is 15.7 Å². The number of nitrogens with one attached hydrogen (secondary N) is 2. The van der Waals surface area contributed by atoms with Gasteiger partial charge in [-0.3, -0.25) is 9.59 Å². The average molecular weight is 395 g/mol. The van der Waals surface area contributed by atoms with Crippen LogP contribution in [0.1, 0.15) is 64.6 Å². The zero-order chi connectivity index (χ0) is 20.6. The minimum atomic E-state index is -0.407. The van der Waals surface area contributed by atoms with Crippen molar-refractivity contribution < 1.29 is 14.7 Å². The number of aliphatic hydroxyl groups excluding tert-OH is 1. The van der Waals surface area contributed by atoms with Gasteiger partial charge in [-0.25, -0.2) is 4.68 Å². The summed E-state index contributed by atoms with van der Waals surface area (Å²) >= 11 is 0. The third-order valence-corrected chi connectivity index (χ3v) is 5.02. The number of rotatable bonds is 9. The number of hydrogen-bond donors (Lipinski definition) is 3. The lowest BCUT2D eigenvalue weighted by atomic mass is 9.89. The van der Waals surface area contributed by atoms with Gasteiger partial charge in [-0.15, -0.1) is 11.5 Å². The van der Waals surface area contributed by atoms with Gasteiger partial charge in [-0.2, -0.15) is 0 Å². The van der Waals surface area contributed by atoms with E-state index in [1.807, 2.05) is 0 Å². The number of carbonyl (C=O) groups excluding carboxylic acids is 2. The summed E-state index contributed by atoms with van der Waals surface area (Å²) < 4.78 is 1.56. The van der Waals surface area contributed by atoms with Crippen LogP contribution in [-0.4, -0.2) is 51.1 Å². The number of carbonyl (C=O) groups is 2. The van der Waals surface area contributed by atoms with Crippen LogP contribution < -0.4 is 10.6 Å². The predicted octanol–water partition coefficient (Wildman–Crippen LogP) is 1.29. The van der Waals surface area contributed by atoms with Crippen molar-refractivity contribution in [3.63, 3.8) is 0 Å². The molecule has 152 valence electrons. The number of aliphatic hydroxyl groups is 1. The molecular formula is C21H25N5O3. The summed E-state index contributed by atoms with van der Waals surface area (Å²) in [5.41, 5.74) is 1.58. The molecule has 0 unspecified atom stereocenters. The smallest absolute Gasteiger partial charge is 0.273 e. The van der Waals surface area contributed by atoms with Gasteiger partial charge in [0.25, 0.3) is 11.8 Å². The summed E-state index contributed by atoms with van der Waals surface area (Å²) in [7, 11) is 0. The maximum atomic E-state index is 12.1. The maximum absolute atomic E-state index is 12.1. The van der Waals surface area contributed by atoms with Crippen molar-refractivity contribution in [1.29, 1.82) is 0 Å². The van der Waals surface area contributed by atoms with E-state index < -0.39 is 6.10 Å². The van der Waals surface area contributed by atoms with E-state index in [4.69, 9.17) is 6.42 Å². The first-order valence-corrected chi connectivity index (χ1v) is 9.81. The van der Waals surface area contributed by atoms with Gasteiger partial charge in [0.05, 0.1) is 18.3 Å². The van der Waals surface area contributed by atoms with Crippen LogP contribution in [0.3, 0.4) is 0 Å². The maximum Gasteiger partial charge on any atom is 0.273 e. The van der Waals surface area contributed by atoms with Gasteiger partial charge >= 0.3 is 0 Å². The number of benzene rings is 1. The fraction of sp³-hybridized carbons (Fsp3) is 0.429.